The summed E-state index contributed by atoms with van der Waals surface area (Å²) in [6, 6.07) is 21.1. The number of carbonyl (C=O) groups excluding carboxylic acids is 4. The first kappa shape index (κ1) is 56.1. The Bertz CT molecular complexity index is 2400. The van der Waals surface area contributed by atoms with E-state index < -0.39 is 30.2 Å². The van der Waals surface area contributed by atoms with Gasteiger partial charge in [-0.3, -0.25) is 0 Å². The zero-order chi connectivity index (χ0) is 51.9. The van der Waals surface area contributed by atoms with Crippen LogP contribution >= 0.6 is 0 Å². The third-order valence-electron chi connectivity index (χ3n) is 9.46. The van der Waals surface area contributed by atoms with Crippen LogP contribution in [-0.2, 0) is 44.5 Å². The van der Waals surface area contributed by atoms with E-state index in [1.807, 2.05) is 114 Å². The Labute approximate surface area is 413 Å². The van der Waals surface area contributed by atoms with Crippen LogP contribution in [0.2, 0.25) is 0 Å². The van der Waals surface area contributed by atoms with Gasteiger partial charge in [-0.1, -0.05) is 133 Å². The van der Waals surface area contributed by atoms with Gasteiger partial charge in [-0.15, -0.1) is 0 Å². The minimum atomic E-state index is -1.50. The lowest BCUT2D eigenvalue weighted by Gasteiger charge is -2.23. The Kier molecular flexibility index (Phi) is 20.0. The van der Waals surface area contributed by atoms with E-state index in [9.17, 15) is 24.3 Å². The number of ether oxygens (including phenoxy) is 5. The molecule has 3 aromatic carbocycles. The summed E-state index contributed by atoms with van der Waals surface area (Å²) in [4.78, 5) is 66.4. The van der Waals surface area contributed by atoms with Crippen LogP contribution in [0.4, 0.5) is 23.3 Å². The van der Waals surface area contributed by atoms with Gasteiger partial charge in [0.15, 0.2) is 6.29 Å². The molecule has 3 N–H and O–H groups in total. The number of rotatable bonds is 21. The maximum Gasteiger partial charge on any atom is 0.345 e. The van der Waals surface area contributed by atoms with Gasteiger partial charge in [0.2, 0.25) is 11.9 Å². The molecule has 0 aliphatic heterocycles. The SMILES string of the molecule is CCCCOC(=O)c1ccc(Nc2nc(Cc3ccc(C=C(C(=O)OCC(C)(C)C)C(O)OCC(C)(C)C)cc3)nc(Nc3ccc(C=C(C(=O)OCC(C)(C)C)C(=O)OCC(C)(C)C)cc3)n2)cc1. The van der Waals surface area contributed by atoms with Crippen LogP contribution in [0.1, 0.15) is 136 Å². The van der Waals surface area contributed by atoms with E-state index in [4.69, 9.17) is 33.7 Å². The van der Waals surface area contributed by atoms with Crippen LogP contribution in [0.15, 0.2) is 83.9 Å². The molecule has 15 heteroatoms. The zero-order valence-corrected chi connectivity index (χ0v) is 43.3. The number of aliphatic hydroxyl groups excluding tert-OH is 1. The van der Waals surface area contributed by atoms with E-state index in [0.29, 0.717) is 40.5 Å². The van der Waals surface area contributed by atoms with Gasteiger partial charge in [0, 0.05) is 17.8 Å². The molecule has 0 aliphatic carbocycles. The molecule has 1 atom stereocenters. The predicted octanol–water partition coefficient (Wildman–Crippen LogP) is 10.8. The summed E-state index contributed by atoms with van der Waals surface area (Å²) >= 11 is 0. The van der Waals surface area contributed by atoms with Gasteiger partial charge in [0.05, 0.1) is 44.2 Å². The fourth-order valence-electron chi connectivity index (χ4n) is 5.81. The number of hydrogen-bond donors (Lipinski definition) is 3. The maximum atomic E-state index is 13.3. The third kappa shape index (κ3) is 20.6. The fourth-order valence-corrected chi connectivity index (χ4v) is 5.81. The molecule has 0 aliphatic rings. The van der Waals surface area contributed by atoms with Crippen molar-refractivity contribution in [2.75, 3.05) is 43.7 Å². The Morgan fingerprint density at radius 1 is 0.571 bits per heavy atom. The molecule has 15 nitrogen and oxygen atoms in total. The monoisotopic (exact) mass is 964 g/mol. The number of nitrogens with one attached hydrogen (secondary N) is 2. The number of anilines is 4. The highest BCUT2D eigenvalue weighted by Crippen LogP contribution is 2.25. The van der Waals surface area contributed by atoms with Crippen molar-refractivity contribution in [3.05, 3.63) is 112 Å². The van der Waals surface area contributed by atoms with Crippen molar-refractivity contribution in [1.29, 1.82) is 0 Å². The van der Waals surface area contributed by atoms with Crippen molar-refractivity contribution in [3.63, 3.8) is 0 Å². The molecule has 0 spiro atoms. The smallest absolute Gasteiger partial charge is 0.345 e. The number of hydrogen-bond acceptors (Lipinski definition) is 15. The van der Waals surface area contributed by atoms with Gasteiger partial charge in [-0.25, -0.2) is 19.2 Å². The minimum Gasteiger partial charge on any atom is -0.462 e. The molecule has 0 fully saturated rings. The number of aliphatic hydroxyl groups is 1. The molecule has 70 heavy (non-hydrogen) atoms. The Hall–Kier alpha value is -6.45. The summed E-state index contributed by atoms with van der Waals surface area (Å²) in [6.07, 6.45) is 3.47. The third-order valence-corrected chi connectivity index (χ3v) is 9.46. The van der Waals surface area contributed by atoms with Crippen molar-refractivity contribution >= 4 is 59.3 Å². The molecule has 0 saturated heterocycles. The Morgan fingerprint density at radius 2 is 1.01 bits per heavy atom. The van der Waals surface area contributed by atoms with Crippen LogP contribution in [-0.4, -0.2) is 83.3 Å². The molecular weight excluding hydrogens is 891 g/mol. The highest BCUT2D eigenvalue weighted by molar-refractivity contribution is 6.17. The number of aromatic nitrogens is 3. The van der Waals surface area contributed by atoms with E-state index in [2.05, 4.69) is 15.6 Å². The topological polar surface area (TPSA) is 197 Å². The lowest BCUT2D eigenvalue weighted by Crippen LogP contribution is -2.28. The van der Waals surface area contributed by atoms with Gasteiger partial charge in [-0.05, 0) is 93.3 Å². The maximum absolute atomic E-state index is 13.3. The van der Waals surface area contributed by atoms with Crippen molar-refractivity contribution in [2.24, 2.45) is 21.7 Å². The lowest BCUT2D eigenvalue weighted by molar-refractivity contribution is -0.151. The van der Waals surface area contributed by atoms with Crippen LogP contribution in [0.25, 0.3) is 12.2 Å². The number of nitrogens with zero attached hydrogens (tertiary/aromatic N) is 3. The second-order valence-corrected chi connectivity index (χ2v) is 22.0. The van der Waals surface area contributed by atoms with Gasteiger partial charge >= 0.3 is 23.9 Å². The molecule has 0 radical (unpaired) electrons. The fraction of sp³-hybridized carbons (Fsp3) is 0.473. The normalized spacial score (nSPS) is 12.6. The first-order valence-electron chi connectivity index (χ1n) is 23.6. The van der Waals surface area contributed by atoms with Crippen LogP contribution in [0, 0.1) is 21.7 Å². The van der Waals surface area contributed by atoms with E-state index >= 15 is 0 Å². The van der Waals surface area contributed by atoms with Gasteiger partial charge < -0.3 is 39.4 Å². The summed E-state index contributed by atoms with van der Waals surface area (Å²) in [5.41, 5.74) is 2.24. The summed E-state index contributed by atoms with van der Waals surface area (Å²) in [5, 5.41) is 17.5. The van der Waals surface area contributed by atoms with Gasteiger partial charge in [0.25, 0.3) is 0 Å². The van der Waals surface area contributed by atoms with Crippen molar-refractivity contribution in [3.8, 4) is 0 Å². The first-order valence-corrected chi connectivity index (χ1v) is 23.6. The van der Waals surface area contributed by atoms with Crippen molar-refractivity contribution in [1.82, 2.24) is 15.0 Å². The molecule has 1 aromatic heterocycles. The highest BCUT2D eigenvalue weighted by Gasteiger charge is 2.27. The molecule has 0 saturated carbocycles. The zero-order valence-electron chi connectivity index (χ0n) is 43.3. The lowest BCUT2D eigenvalue weighted by atomic mass is 9.98. The summed E-state index contributed by atoms with van der Waals surface area (Å²) in [5.74, 6) is -1.79. The number of benzene rings is 3. The Balaban J connectivity index is 1.65. The van der Waals surface area contributed by atoms with E-state index in [1.165, 1.54) is 6.08 Å². The molecular formula is C55H73N5O10. The number of unbranched alkanes of at least 4 members (excludes halogenated alkanes) is 1. The average molecular weight is 964 g/mol. The van der Waals surface area contributed by atoms with Gasteiger partial charge in [-0.2, -0.15) is 15.0 Å². The summed E-state index contributed by atoms with van der Waals surface area (Å²) in [7, 11) is 0. The second kappa shape index (κ2) is 24.9. The predicted molar refractivity (Wildman–Crippen MR) is 272 cm³/mol. The molecule has 1 unspecified atom stereocenters. The van der Waals surface area contributed by atoms with Crippen LogP contribution in [0.3, 0.4) is 0 Å². The molecule has 0 amide bonds. The number of carbonyl (C=O) groups is 4. The van der Waals surface area contributed by atoms with E-state index in [1.54, 1.807) is 54.6 Å². The van der Waals surface area contributed by atoms with Crippen molar-refractivity contribution < 1.29 is 48.0 Å². The van der Waals surface area contributed by atoms with Gasteiger partial charge in [0.1, 0.15) is 11.4 Å². The summed E-state index contributed by atoms with van der Waals surface area (Å²) < 4.78 is 27.7. The summed E-state index contributed by atoms with van der Waals surface area (Å²) in [6.45, 7) is 26.3. The quantitative estimate of drug-likeness (QED) is 0.0135. The molecule has 4 aromatic rings. The second-order valence-electron chi connectivity index (χ2n) is 22.0. The van der Waals surface area contributed by atoms with Crippen LogP contribution < -0.4 is 10.6 Å². The largest absolute Gasteiger partial charge is 0.462 e. The average Bonchev–Trinajstić information content (AvgIpc) is 3.27. The van der Waals surface area contributed by atoms with E-state index in [-0.39, 0.29) is 77.6 Å². The van der Waals surface area contributed by atoms with Crippen LogP contribution in [0.5, 0.6) is 0 Å². The minimum absolute atomic E-state index is 0.0201. The molecule has 1 heterocycles. The number of esters is 4. The van der Waals surface area contributed by atoms with E-state index in [0.717, 1.165) is 18.4 Å². The molecule has 4 rings (SSSR count). The van der Waals surface area contributed by atoms with Crippen molar-refractivity contribution in [2.45, 2.75) is 116 Å². The molecule has 378 valence electrons. The molecule has 0 bridgehead atoms. The highest BCUT2D eigenvalue weighted by atomic mass is 16.6. The first-order chi connectivity index (χ1) is 32.6. The standard InChI is InChI=1S/C55H73N5O10/c1-14-15-28-66-45(61)39-22-26-41(27-23-39)57-51-59-44(31-38-18-16-36(17-19-38)29-42(46(62)67-32-52(2,3)4)47(63)68-33-53(5,6)7)58-50(60-51)56-40-24-20-37(21-25-40)30-43(48(64)69-34-54(8,9)10)49(65)70-35-55(11,12)13/h16-27,29-30,46,62H,14-15,28,31-35H2,1-13H3,(H2,56,57,58,59,60). The Morgan fingerprint density at radius 3 is 1.49 bits per heavy atom.